The van der Waals surface area contributed by atoms with Gasteiger partial charge < -0.3 is 10.1 Å². The molecule has 0 heterocycles. The maximum absolute atomic E-state index is 12.2. The highest BCUT2D eigenvalue weighted by atomic mass is 19.4. The number of hydrogen-bond donors (Lipinski definition) is 1. The molecule has 1 aliphatic rings. The van der Waals surface area contributed by atoms with Crippen molar-refractivity contribution < 1.29 is 17.9 Å². The molecule has 1 N–H and O–H groups in total. The van der Waals surface area contributed by atoms with E-state index in [1.54, 1.807) is 12.1 Å². The number of halogens is 3. The first kappa shape index (κ1) is 14.2. The van der Waals surface area contributed by atoms with E-state index in [0.717, 1.165) is 12.5 Å². The van der Waals surface area contributed by atoms with Crippen LogP contribution >= 0.6 is 0 Å². The van der Waals surface area contributed by atoms with Crippen LogP contribution in [0.3, 0.4) is 0 Å². The lowest BCUT2D eigenvalue weighted by molar-refractivity contribution is -0.274. The minimum Gasteiger partial charge on any atom is -0.405 e. The zero-order valence-electron chi connectivity index (χ0n) is 10.8. The van der Waals surface area contributed by atoms with Crippen LogP contribution in [0.5, 0.6) is 5.75 Å². The highest BCUT2D eigenvalue weighted by molar-refractivity contribution is 5.33. The first-order valence-electron chi connectivity index (χ1n) is 6.50. The molecule has 106 valence electrons. The molecule has 0 radical (unpaired) electrons. The van der Waals surface area contributed by atoms with Gasteiger partial charge in [0.15, 0.2) is 0 Å². The molecule has 0 saturated heterocycles. The maximum atomic E-state index is 12.2. The van der Waals surface area contributed by atoms with Gasteiger partial charge in [-0.15, -0.1) is 13.2 Å². The summed E-state index contributed by atoms with van der Waals surface area (Å²) in [6, 6.07) is 6.24. The zero-order valence-corrected chi connectivity index (χ0v) is 10.8. The Balaban J connectivity index is 1.88. The van der Waals surface area contributed by atoms with Crippen LogP contribution in [0.1, 0.15) is 25.3 Å². The minimum atomic E-state index is -4.64. The lowest BCUT2D eigenvalue weighted by atomic mass is 10.1. The summed E-state index contributed by atoms with van der Waals surface area (Å²) < 4.78 is 40.7. The molecule has 1 unspecified atom stereocenters. The van der Waals surface area contributed by atoms with Gasteiger partial charge in [0.1, 0.15) is 5.75 Å². The number of ether oxygens (including phenoxy) is 1. The van der Waals surface area contributed by atoms with Gasteiger partial charge in [-0.05, 0) is 37.3 Å². The highest BCUT2D eigenvalue weighted by Gasteiger charge is 2.32. The molecule has 0 aliphatic heterocycles. The molecule has 19 heavy (non-hydrogen) atoms. The fourth-order valence-electron chi connectivity index (χ4n) is 2.14. The molecule has 1 fully saturated rings. The second-order valence-corrected chi connectivity index (χ2v) is 5.10. The average molecular weight is 273 g/mol. The monoisotopic (exact) mass is 273 g/mol. The summed E-state index contributed by atoms with van der Waals surface area (Å²) in [6.45, 7) is 3.39. The Morgan fingerprint density at radius 3 is 2.63 bits per heavy atom. The van der Waals surface area contributed by atoms with Crippen molar-refractivity contribution in [3.8, 4) is 5.75 Å². The van der Waals surface area contributed by atoms with Crippen LogP contribution in [0.15, 0.2) is 24.3 Å². The van der Waals surface area contributed by atoms with Crippen LogP contribution in [-0.4, -0.2) is 12.9 Å². The standard InChI is InChI=1S/C14H18F3NO/c1-10(11-6-7-11)8-18-9-12-4-2-3-5-13(12)19-14(15,16)17/h2-5,10-11,18H,6-9H2,1H3. The normalized spacial score (nSPS) is 17.3. The maximum Gasteiger partial charge on any atom is 0.573 e. The van der Waals surface area contributed by atoms with Crippen molar-refractivity contribution in [2.45, 2.75) is 32.7 Å². The Hall–Kier alpha value is -1.23. The molecular weight excluding hydrogens is 255 g/mol. The Labute approximate surface area is 111 Å². The summed E-state index contributed by atoms with van der Waals surface area (Å²) in [5.41, 5.74) is 0.530. The minimum absolute atomic E-state index is 0.124. The molecule has 5 heteroatoms. The summed E-state index contributed by atoms with van der Waals surface area (Å²) in [6.07, 6.45) is -2.09. The van der Waals surface area contributed by atoms with Gasteiger partial charge in [-0.1, -0.05) is 25.1 Å². The van der Waals surface area contributed by atoms with Crippen molar-refractivity contribution in [1.82, 2.24) is 5.32 Å². The molecule has 0 bridgehead atoms. The topological polar surface area (TPSA) is 21.3 Å². The second kappa shape index (κ2) is 5.82. The van der Waals surface area contributed by atoms with Crippen LogP contribution in [0.4, 0.5) is 13.2 Å². The van der Waals surface area contributed by atoms with Gasteiger partial charge in [0.05, 0.1) is 0 Å². The third-order valence-electron chi connectivity index (χ3n) is 3.41. The summed E-state index contributed by atoms with van der Waals surface area (Å²) in [5.74, 6) is 1.24. The summed E-state index contributed by atoms with van der Waals surface area (Å²) in [4.78, 5) is 0. The Morgan fingerprint density at radius 2 is 2.00 bits per heavy atom. The van der Waals surface area contributed by atoms with Gasteiger partial charge in [-0.2, -0.15) is 0 Å². The molecule has 1 aromatic rings. The quantitative estimate of drug-likeness (QED) is 0.853. The van der Waals surface area contributed by atoms with Crippen LogP contribution in [0, 0.1) is 11.8 Å². The summed E-state index contributed by atoms with van der Waals surface area (Å²) >= 11 is 0. The first-order chi connectivity index (χ1) is 8.96. The number of alkyl halides is 3. The van der Waals surface area contributed by atoms with Gasteiger partial charge in [0, 0.05) is 12.1 Å². The third kappa shape index (κ3) is 4.74. The van der Waals surface area contributed by atoms with E-state index in [-0.39, 0.29) is 5.75 Å². The summed E-state index contributed by atoms with van der Waals surface area (Å²) in [7, 11) is 0. The molecule has 1 aromatic carbocycles. The zero-order chi connectivity index (χ0) is 13.9. The van der Waals surface area contributed by atoms with Crippen molar-refractivity contribution in [2.75, 3.05) is 6.54 Å². The number of benzene rings is 1. The van der Waals surface area contributed by atoms with Crippen molar-refractivity contribution >= 4 is 0 Å². The number of rotatable bonds is 6. The molecule has 1 aliphatic carbocycles. The molecule has 0 amide bonds. The van der Waals surface area contributed by atoms with Crippen molar-refractivity contribution in [1.29, 1.82) is 0 Å². The van der Waals surface area contributed by atoms with E-state index in [0.29, 0.717) is 18.0 Å². The second-order valence-electron chi connectivity index (χ2n) is 5.10. The number of para-hydroxylation sites is 1. The third-order valence-corrected chi connectivity index (χ3v) is 3.41. The molecular formula is C14H18F3NO. The van der Waals surface area contributed by atoms with Gasteiger partial charge >= 0.3 is 6.36 Å². The molecule has 2 rings (SSSR count). The lowest BCUT2D eigenvalue weighted by Gasteiger charge is -2.15. The van der Waals surface area contributed by atoms with E-state index in [2.05, 4.69) is 17.0 Å². The van der Waals surface area contributed by atoms with E-state index < -0.39 is 6.36 Å². The van der Waals surface area contributed by atoms with Crippen LogP contribution in [-0.2, 0) is 6.54 Å². The molecule has 0 spiro atoms. The smallest absolute Gasteiger partial charge is 0.405 e. The molecule has 0 aromatic heterocycles. The van der Waals surface area contributed by atoms with Crippen molar-refractivity contribution in [3.05, 3.63) is 29.8 Å². The highest BCUT2D eigenvalue weighted by Crippen LogP contribution is 2.36. The molecule has 1 saturated carbocycles. The molecule has 2 nitrogen and oxygen atoms in total. The van der Waals surface area contributed by atoms with E-state index in [1.165, 1.54) is 25.0 Å². The average Bonchev–Trinajstić information content (AvgIpc) is 3.13. The van der Waals surface area contributed by atoms with Crippen molar-refractivity contribution in [3.63, 3.8) is 0 Å². The Kier molecular flexibility index (Phi) is 4.34. The Morgan fingerprint density at radius 1 is 1.32 bits per heavy atom. The van der Waals surface area contributed by atoms with Gasteiger partial charge in [0.25, 0.3) is 0 Å². The van der Waals surface area contributed by atoms with Gasteiger partial charge in [0.2, 0.25) is 0 Å². The molecule has 1 atom stereocenters. The van der Waals surface area contributed by atoms with Gasteiger partial charge in [-0.25, -0.2) is 0 Å². The Bertz CT molecular complexity index is 415. The number of nitrogens with one attached hydrogen (secondary N) is 1. The van der Waals surface area contributed by atoms with Crippen molar-refractivity contribution in [2.24, 2.45) is 11.8 Å². The predicted molar refractivity (Wildman–Crippen MR) is 66.7 cm³/mol. The fraction of sp³-hybridized carbons (Fsp3) is 0.571. The van der Waals surface area contributed by atoms with E-state index in [9.17, 15) is 13.2 Å². The van der Waals surface area contributed by atoms with Crippen LogP contribution in [0.25, 0.3) is 0 Å². The fourth-order valence-corrected chi connectivity index (χ4v) is 2.14. The first-order valence-corrected chi connectivity index (χ1v) is 6.50. The lowest BCUT2D eigenvalue weighted by Crippen LogP contribution is -2.23. The SMILES string of the molecule is CC(CNCc1ccccc1OC(F)(F)F)C1CC1. The number of hydrogen-bond acceptors (Lipinski definition) is 2. The largest absolute Gasteiger partial charge is 0.573 e. The van der Waals surface area contributed by atoms with E-state index >= 15 is 0 Å². The summed E-state index contributed by atoms with van der Waals surface area (Å²) in [5, 5.41) is 3.20. The predicted octanol–water partition coefficient (Wildman–Crippen LogP) is 3.72. The van der Waals surface area contributed by atoms with Crippen LogP contribution in [0.2, 0.25) is 0 Å². The van der Waals surface area contributed by atoms with E-state index in [4.69, 9.17) is 0 Å². The van der Waals surface area contributed by atoms with Gasteiger partial charge in [-0.3, -0.25) is 0 Å². The van der Waals surface area contributed by atoms with E-state index in [1.807, 2.05) is 0 Å². The van der Waals surface area contributed by atoms with Crippen LogP contribution < -0.4 is 10.1 Å².